The first kappa shape index (κ1) is 14.5. The highest BCUT2D eigenvalue weighted by molar-refractivity contribution is 7.90. The van der Waals surface area contributed by atoms with Gasteiger partial charge in [0, 0.05) is 6.42 Å². The van der Waals surface area contributed by atoms with E-state index in [1.165, 1.54) is 18.2 Å². The van der Waals surface area contributed by atoms with E-state index in [-0.39, 0.29) is 22.8 Å². The highest BCUT2D eigenvalue weighted by Gasteiger charge is 2.26. The summed E-state index contributed by atoms with van der Waals surface area (Å²) < 4.78 is 59.4. The Hall–Kier alpha value is -1.90. The third-order valence-electron chi connectivity index (χ3n) is 2.49. The fourth-order valence-electron chi connectivity index (χ4n) is 1.64. The van der Waals surface area contributed by atoms with Crippen LogP contribution in [0.1, 0.15) is 6.42 Å². The van der Waals surface area contributed by atoms with Gasteiger partial charge in [0.25, 0.3) is 10.1 Å². The van der Waals surface area contributed by atoms with Crippen LogP contribution in [0.25, 0.3) is 0 Å². The number of para-hydroxylation sites is 1. The third-order valence-corrected chi connectivity index (χ3v) is 4.12. The van der Waals surface area contributed by atoms with Crippen LogP contribution in [0.3, 0.4) is 0 Å². The normalized spacial score (nSPS) is 15.3. The average molecular weight is 314 g/mol. The Morgan fingerprint density at radius 1 is 1.15 bits per heavy atom. The summed E-state index contributed by atoms with van der Waals surface area (Å²) in [6.45, 7) is 0. The molecule has 1 aromatic rings. The number of ether oxygens (including phenoxy) is 1. The zero-order valence-electron chi connectivity index (χ0n) is 10.1. The molecule has 0 spiro atoms. The van der Waals surface area contributed by atoms with E-state index >= 15 is 0 Å². The Bertz CT molecular complexity index is 806. The van der Waals surface area contributed by atoms with Crippen molar-refractivity contribution in [3.63, 3.8) is 0 Å². The first-order chi connectivity index (χ1) is 9.39. The molecule has 0 fully saturated rings. The minimum absolute atomic E-state index is 0.00268. The molecule has 0 unspecified atom stereocenters. The minimum Gasteiger partial charge on any atom is -0.455 e. The fourth-order valence-corrected chi connectivity index (χ4v) is 2.91. The molecule has 8 heteroatoms. The molecule has 1 N–H and O–H groups in total. The topological polar surface area (TPSA) is 97.7 Å². The predicted octanol–water partition coefficient (Wildman–Crippen LogP) is 1.18. The van der Waals surface area contributed by atoms with E-state index in [1.807, 2.05) is 0 Å². The van der Waals surface area contributed by atoms with Crippen molar-refractivity contribution < 1.29 is 26.1 Å². The van der Waals surface area contributed by atoms with Gasteiger partial charge in [-0.2, -0.15) is 16.8 Å². The first-order valence-corrected chi connectivity index (χ1v) is 7.98. The van der Waals surface area contributed by atoms with Crippen LogP contribution in [0, 0.1) is 0 Å². The Morgan fingerprint density at radius 2 is 1.80 bits per heavy atom. The first-order valence-electron chi connectivity index (χ1n) is 5.46. The largest absolute Gasteiger partial charge is 0.455 e. The van der Waals surface area contributed by atoms with E-state index in [0.29, 0.717) is 0 Å². The van der Waals surface area contributed by atoms with Crippen LogP contribution >= 0.6 is 0 Å². The number of allylic oxidation sites excluding steroid dienone is 3. The van der Waals surface area contributed by atoms with Gasteiger partial charge < -0.3 is 4.74 Å². The Labute approximate surface area is 117 Å². The smallest absolute Gasteiger partial charge is 0.298 e. The van der Waals surface area contributed by atoms with Crippen LogP contribution in [-0.2, 0) is 20.4 Å². The summed E-state index contributed by atoms with van der Waals surface area (Å²) in [6, 6.07) is 8.10. The summed E-state index contributed by atoms with van der Waals surface area (Å²) >= 11 is 0. The molecule has 0 heterocycles. The molecule has 1 aromatic carbocycles. The Kier molecular flexibility index (Phi) is 4.07. The summed E-state index contributed by atoms with van der Waals surface area (Å²) in [5, 5.41) is 0. The second-order valence-electron chi connectivity index (χ2n) is 3.85. The van der Waals surface area contributed by atoms with E-state index in [1.54, 1.807) is 18.2 Å². The van der Waals surface area contributed by atoms with E-state index in [9.17, 15) is 16.8 Å². The van der Waals surface area contributed by atoms with Gasteiger partial charge in [0.2, 0.25) is 10.3 Å². The molecule has 106 valence electrons. The van der Waals surface area contributed by atoms with Crippen LogP contribution in [0.2, 0.25) is 0 Å². The zero-order valence-corrected chi connectivity index (χ0v) is 11.7. The van der Waals surface area contributed by atoms with Crippen LogP contribution in [0.15, 0.2) is 53.1 Å². The quantitative estimate of drug-likeness (QED) is 0.664. The van der Waals surface area contributed by atoms with Gasteiger partial charge in [0.05, 0.1) is 0 Å². The van der Waals surface area contributed by atoms with E-state index in [4.69, 9.17) is 9.29 Å². The molecular weight excluding hydrogens is 304 g/mol. The number of rotatable bonds is 3. The summed E-state index contributed by atoms with van der Waals surface area (Å²) in [4.78, 5) is -0.809. The van der Waals surface area contributed by atoms with Crippen molar-refractivity contribution in [2.45, 2.75) is 6.42 Å². The third kappa shape index (κ3) is 3.16. The number of benzene rings is 1. The highest BCUT2D eigenvalue weighted by atomic mass is 32.2. The maximum Gasteiger partial charge on any atom is 0.298 e. The second-order valence-corrected chi connectivity index (χ2v) is 6.20. The van der Waals surface area contributed by atoms with Crippen LogP contribution in [0.4, 0.5) is 0 Å². The predicted molar refractivity (Wildman–Crippen MR) is 73.3 cm³/mol. The SMILES string of the molecule is O=S(=O)=C1CC=CC(S(=O)(=O)O)=C1Oc1ccccc1. The van der Waals surface area contributed by atoms with Gasteiger partial charge in [-0.1, -0.05) is 24.3 Å². The van der Waals surface area contributed by atoms with Crippen molar-refractivity contribution in [1.82, 2.24) is 0 Å². The van der Waals surface area contributed by atoms with E-state index < -0.39 is 25.3 Å². The zero-order chi connectivity index (χ0) is 14.8. The molecule has 0 atom stereocenters. The molecule has 0 bridgehead atoms. The summed E-state index contributed by atoms with van der Waals surface area (Å²) in [5.74, 6) is -0.114. The van der Waals surface area contributed by atoms with Crippen molar-refractivity contribution in [2.75, 3.05) is 0 Å². The summed E-state index contributed by atoms with van der Waals surface area (Å²) in [5.41, 5.74) is 0. The monoisotopic (exact) mass is 314 g/mol. The van der Waals surface area contributed by atoms with Gasteiger partial charge in [-0.05, 0) is 18.2 Å². The number of hydrogen-bond donors (Lipinski definition) is 1. The van der Waals surface area contributed by atoms with Gasteiger partial charge in [-0.25, -0.2) is 0 Å². The lowest BCUT2D eigenvalue weighted by Gasteiger charge is -2.15. The molecule has 20 heavy (non-hydrogen) atoms. The van der Waals surface area contributed by atoms with Crippen molar-refractivity contribution in [1.29, 1.82) is 0 Å². The summed E-state index contributed by atoms with van der Waals surface area (Å²) in [7, 11) is -7.24. The molecule has 0 radical (unpaired) electrons. The standard InChI is InChI=1S/C12H10O6S2/c13-19(14)10-7-4-8-11(20(15,16)17)12(10)18-9-5-2-1-3-6-9/h1-6,8H,7H2,(H,15,16,17). The summed E-state index contributed by atoms with van der Waals surface area (Å²) in [6.07, 6.45) is 2.44. The highest BCUT2D eigenvalue weighted by Crippen LogP contribution is 2.24. The van der Waals surface area contributed by atoms with Crippen LogP contribution in [-0.4, -0.2) is 26.3 Å². The van der Waals surface area contributed by atoms with Gasteiger partial charge in [0.15, 0.2) is 5.76 Å². The molecule has 0 amide bonds. The van der Waals surface area contributed by atoms with Gasteiger partial charge in [0.1, 0.15) is 15.5 Å². The van der Waals surface area contributed by atoms with Gasteiger partial charge in [-0.3, -0.25) is 4.55 Å². The van der Waals surface area contributed by atoms with Gasteiger partial charge >= 0.3 is 0 Å². The molecular formula is C12H10O6S2. The fraction of sp³-hybridized carbons (Fsp3) is 0.0833. The van der Waals surface area contributed by atoms with Crippen molar-refractivity contribution in [3.8, 4) is 5.75 Å². The van der Waals surface area contributed by atoms with Crippen molar-refractivity contribution in [2.24, 2.45) is 0 Å². The molecule has 0 saturated heterocycles. The Morgan fingerprint density at radius 3 is 2.35 bits per heavy atom. The molecule has 0 saturated carbocycles. The molecule has 0 aliphatic heterocycles. The molecule has 1 aliphatic carbocycles. The molecule has 0 aromatic heterocycles. The molecule has 6 nitrogen and oxygen atoms in total. The van der Waals surface area contributed by atoms with Crippen LogP contribution in [0.5, 0.6) is 5.75 Å². The average Bonchev–Trinajstić information content (AvgIpc) is 2.38. The lowest BCUT2D eigenvalue weighted by Crippen LogP contribution is -2.19. The molecule has 1 aliphatic rings. The Balaban J connectivity index is 2.64. The van der Waals surface area contributed by atoms with Gasteiger partial charge in [-0.15, -0.1) is 0 Å². The van der Waals surface area contributed by atoms with E-state index in [0.717, 1.165) is 6.08 Å². The lowest BCUT2D eigenvalue weighted by atomic mass is 10.1. The maximum absolute atomic E-state index is 11.3. The minimum atomic E-state index is -4.59. The maximum atomic E-state index is 11.3. The van der Waals surface area contributed by atoms with Crippen LogP contribution < -0.4 is 4.74 Å². The van der Waals surface area contributed by atoms with Crippen molar-refractivity contribution in [3.05, 3.63) is 53.1 Å². The molecule has 2 rings (SSSR count). The second kappa shape index (κ2) is 5.61. The lowest BCUT2D eigenvalue weighted by molar-refractivity contribution is 0.446. The van der Waals surface area contributed by atoms with Crippen molar-refractivity contribution >= 4 is 25.3 Å². The van der Waals surface area contributed by atoms with E-state index in [2.05, 4.69) is 0 Å². The number of hydrogen-bond acceptors (Lipinski definition) is 5.